The van der Waals surface area contributed by atoms with E-state index in [2.05, 4.69) is 0 Å². The second-order valence-electron chi connectivity index (χ2n) is 3.68. The molecule has 1 fully saturated rings. The van der Waals surface area contributed by atoms with Crippen molar-refractivity contribution >= 4 is 6.09 Å². The van der Waals surface area contributed by atoms with Crippen molar-refractivity contribution in [3.63, 3.8) is 0 Å². The van der Waals surface area contributed by atoms with E-state index in [0.717, 1.165) is 25.9 Å². The van der Waals surface area contributed by atoms with Crippen LogP contribution in [0.25, 0.3) is 0 Å². The van der Waals surface area contributed by atoms with Crippen molar-refractivity contribution in [2.24, 2.45) is 0 Å². The summed E-state index contributed by atoms with van der Waals surface area (Å²) in [6.07, 6.45) is 4.71. The van der Waals surface area contributed by atoms with E-state index in [1.54, 1.807) is 23.3 Å². The van der Waals surface area contributed by atoms with Crippen LogP contribution in [-0.2, 0) is 11.3 Å². The monoisotopic (exact) mass is 209 g/mol. The first-order chi connectivity index (χ1) is 7.36. The predicted octanol–water partition coefficient (Wildman–Crippen LogP) is 2.40. The molecule has 1 aromatic rings. The molecule has 4 heteroatoms. The van der Waals surface area contributed by atoms with E-state index in [4.69, 9.17) is 9.15 Å². The van der Waals surface area contributed by atoms with E-state index in [1.165, 1.54) is 6.42 Å². The van der Waals surface area contributed by atoms with Gasteiger partial charge in [-0.2, -0.15) is 0 Å². The standard InChI is InChI=1S/C11H15NO3/c13-11(12-6-2-1-3-7-12)15-9-10-5-4-8-14-10/h4-5,8H,1-3,6-7,9H2. The van der Waals surface area contributed by atoms with Crippen LogP contribution in [0.15, 0.2) is 22.8 Å². The van der Waals surface area contributed by atoms with Crippen LogP contribution in [-0.4, -0.2) is 24.1 Å². The van der Waals surface area contributed by atoms with Gasteiger partial charge in [-0.05, 0) is 31.4 Å². The summed E-state index contributed by atoms with van der Waals surface area (Å²) in [5, 5.41) is 0. The molecule has 82 valence electrons. The zero-order chi connectivity index (χ0) is 10.5. The van der Waals surface area contributed by atoms with Crippen molar-refractivity contribution in [1.82, 2.24) is 4.90 Å². The largest absolute Gasteiger partial charge is 0.466 e. The maximum atomic E-state index is 11.6. The highest BCUT2D eigenvalue weighted by Crippen LogP contribution is 2.11. The highest BCUT2D eigenvalue weighted by Gasteiger charge is 2.17. The molecule has 0 N–H and O–H groups in total. The summed E-state index contributed by atoms with van der Waals surface area (Å²) in [4.78, 5) is 13.3. The molecule has 0 unspecified atom stereocenters. The number of hydrogen-bond acceptors (Lipinski definition) is 3. The second-order valence-corrected chi connectivity index (χ2v) is 3.68. The van der Waals surface area contributed by atoms with Gasteiger partial charge in [0.25, 0.3) is 0 Å². The third kappa shape index (κ3) is 2.75. The van der Waals surface area contributed by atoms with Gasteiger partial charge in [-0.15, -0.1) is 0 Å². The fourth-order valence-electron chi connectivity index (χ4n) is 1.70. The molecule has 1 saturated heterocycles. The van der Waals surface area contributed by atoms with E-state index in [9.17, 15) is 4.79 Å². The van der Waals surface area contributed by atoms with Gasteiger partial charge in [0, 0.05) is 13.1 Å². The number of hydrogen-bond donors (Lipinski definition) is 0. The number of piperidine rings is 1. The van der Waals surface area contributed by atoms with Gasteiger partial charge in [0.2, 0.25) is 0 Å². The molecule has 0 saturated carbocycles. The average Bonchev–Trinajstić information content (AvgIpc) is 2.80. The zero-order valence-electron chi connectivity index (χ0n) is 8.65. The smallest absolute Gasteiger partial charge is 0.410 e. The van der Waals surface area contributed by atoms with Crippen LogP contribution in [0.2, 0.25) is 0 Å². The predicted molar refractivity (Wildman–Crippen MR) is 54.3 cm³/mol. The molecule has 0 spiro atoms. The maximum Gasteiger partial charge on any atom is 0.410 e. The van der Waals surface area contributed by atoms with Gasteiger partial charge in [0.1, 0.15) is 5.76 Å². The minimum absolute atomic E-state index is 0.225. The molecular weight excluding hydrogens is 194 g/mol. The average molecular weight is 209 g/mol. The summed E-state index contributed by atoms with van der Waals surface area (Å²) in [5.41, 5.74) is 0. The van der Waals surface area contributed by atoms with Crippen molar-refractivity contribution < 1.29 is 13.9 Å². The molecule has 0 atom stereocenters. The Hall–Kier alpha value is -1.45. The Balaban J connectivity index is 1.76. The molecule has 1 aliphatic rings. The molecular formula is C11H15NO3. The Morgan fingerprint density at radius 1 is 1.40 bits per heavy atom. The van der Waals surface area contributed by atoms with Crippen molar-refractivity contribution in [2.75, 3.05) is 13.1 Å². The number of rotatable bonds is 2. The fourth-order valence-corrected chi connectivity index (χ4v) is 1.70. The highest BCUT2D eigenvalue weighted by atomic mass is 16.6. The van der Waals surface area contributed by atoms with Crippen LogP contribution in [0.5, 0.6) is 0 Å². The van der Waals surface area contributed by atoms with E-state index in [1.807, 2.05) is 0 Å². The quantitative estimate of drug-likeness (QED) is 0.751. The van der Waals surface area contributed by atoms with Crippen molar-refractivity contribution in [3.05, 3.63) is 24.2 Å². The topological polar surface area (TPSA) is 42.7 Å². The van der Waals surface area contributed by atoms with Gasteiger partial charge < -0.3 is 14.1 Å². The Bertz CT molecular complexity index is 302. The summed E-state index contributed by atoms with van der Waals surface area (Å²) in [6.45, 7) is 1.86. The first-order valence-corrected chi connectivity index (χ1v) is 5.30. The molecule has 2 heterocycles. The van der Waals surface area contributed by atoms with E-state index >= 15 is 0 Å². The SMILES string of the molecule is O=C(OCc1ccco1)N1CCCCC1. The van der Waals surface area contributed by atoms with Crippen LogP contribution < -0.4 is 0 Å². The van der Waals surface area contributed by atoms with Crippen LogP contribution >= 0.6 is 0 Å². The lowest BCUT2D eigenvalue weighted by atomic mass is 10.1. The van der Waals surface area contributed by atoms with Crippen LogP contribution in [0.3, 0.4) is 0 Å². The van der Waals surface area contributed by atoms with Crippen molar-refractivity contribution in [3.8, 4) is 0 Å². The Morgan fingerprint density at radius 3 is 2.87 bits per heavy atom. The molecule has 0 radical (unpaired) electrons. The number of nitrogens with zero attached hydrogens (tertiary/aromatic N) is 1. The number of carbonyl (C=O) groups excluding carboxylic acids is 1. The number of amides is 1. The summed E-state index contributed by atoms with van der Waals surface area (Å²) in [5.74, 6) is 0.681. The lowest BCUT2D eigenvalue weighted by Crippen LogP contribution is -2.35. The number of likely N-dealkylation sites (tertiary alicyclic amines) is 1. The lowest BCUT2D eigenvalue weighted by Gasteiger charge is -2.25. The first-order valence-electron chi connectivity index (χ1n) is 5.30. The summed E-state index contributed by atoms with van der Waals surface area (Å²) in [6, 6.07) is 3.58. The first kappa shape index (κ1) is 10.1. The summed E-state index contributed by atoms with van der Waals surface area (Å²) in [7, 11) is 0. The Kier molecular flexibility index (Phi) is 3.27. The van der Waals surface area contributed by atoms with Gasteiger partial charge in [-0.1, -0.05) is 0 Å². The molecule has 2 rings (SSSR count). The third-order valence-corrected chi connectivity index (χ3v) is 2.53. The van der Waals surface area contributed by atoms with Gasteiger partial charge in [0.15, 0.2) is 6.61 Å². The van der Waals surface area contributed by atoms with Gasteiger partial charge in [-0.3, -0.25) is 0 Å². The molecule has 15 heavy (non-hydrogen) atoms. The normalized spacial score (nSPS) is 16.4. The van der Waals surface area contributed by atoms with E-state index in [0.29, 0.717) is 5.76 Å². The number of furan rings is 1. The molecule has 0 aromatic carbocycles. The maximum absolute atomic E-state index is 11.6. The van der Waals surface area contributed by atoms with Crippen LogP contribution in [0.1, 0.15) is 25.0 Å². The molecule has 1 aromatic heterocycles. The summed E-state index contributed by atoms with van der Waals surface area (Å²) >= 11 is 0. The highest BCUT2D eigenvalue weighted by molar-refractivity contribution is 5.67. The van der Waals surface area contributed by atoms with Gasteiger partial charge >= 0.3 is 6.09 Å². The van der Waals surface area contributed by atoms with Crippen molar-refractivity contribution in [2.45, 2.75) is 25.9 Å². The van der Waals surface area contributed by atoms with Crippen molar-refractivity contribution in [1.29, 1.82) is 0 Å². The molecule has 0 aliphatic carbocycles. The number of carbonyl (C=O) groups is 1. The molecule has 1 aliphatic heterocycles. The Labute approximate surface area is 88.8 Å². The zero-order valence-corrected chi connectivity index (χ0v) is 8.65. The van der Waals surface area contributed by atoms with E-state index in [-0.39, 0.29) is 12.7 Å². The fraction of sp³-hybridized carbons (Fsp3) is 0.545. The molecule has 0 bridgehead atoms. The lowest BCUT2D eigenvalue weighted by molar-refractivity contribution is 0.0837. The van der Waals surface area contributed by atoms with Crippen LogP contribution in [0.4, 0.5) is 4.79 Å². The number of ether oxygens (including phenoxy) is 1. The van der Waals surface area contributed by atoms with Crippen LogP contribution in [0, 0.1) is 0 Å². The van der Waals surface area contributed by atoms with E-state index < -0.39 is 0 Å². The minimum Gasteiger partial charge on any atom is -0.466 e. The van der Waals surface area contributed by atoms with Gasteiger partial charge in [-0.25, -0.2) is 4.79 Å². The molecule has 1 amide bonds. The second kappa shape index (κ2) is 4.87. The molecule has 4 nitrogen and oxygen atoms in total. The summed E-state index contributed by atoms with van der Waals surface area (Å²) < 4.78 is 10.2. The third-order valence-electron chi connectivity index (χ3n) is 2.53. The Morgan fingerprint density at radius 2 is 2.20 bits per heavy atom. The minimum atomic E-state index is -0.230. The van der Waals surface area contributed by atoms with Gasteiger partial charge in [0.05, 0.1) is 6.26 Å².